The second kappa shape index (κ2) is 5.09. The first-order chi connectivity index (χ1) is 6.19. The van der Waals surface area contributed by atoms with Crippen LogP contribution in [0.1, 0.15) is 27.7 Å². The lowest BCUT2D eigenvalue weighted by atomic mass is 10.2. The summed E-state index contributed by atoms with van der Waals surface area (Å²) < 4.78 is 28.3. The summed E-state index contributed by atoms with van der Waals surface area (Å²) in [7, 11) is -3.08. The lowest BCUT2D eigenvalue weighted by molar-refractivity contribution is 0.00640. The highest BCUT2D eigenvalue weighted by molar-refractivity contribution is 7.92. The summed E-state index contributed by atoms with van der Waals surface area (Å²) >= 11 is 0. The highest BCUT2D eigenvalue weighted by Gasteiger charge is 2.20. The minimum atomic E-state index is -3.08. The van der Waals surface area contributed by atoms with Gasteiger partial charge in [0.25, 0.3) is 0 Å². The molecule has 0 rings (SSSR count). The van der Waals surface area contributed by atoms with Gasteiger partial charge in [0.2, 0.25) is 0 Å². The fraction of sp³-hybridized carbons (Fsp3) is 1.00. The molecule has 0 fully saturated rings. The first-order valence-corrected chi connectivity index (χ1v) is 6.46. The van der Waals surface area contributed by atoms with Crippen molar-refractivity contribution in [2.45, 2.75) is 38.5 Å². The van der Waals surface area contributed by atoms with E-state index >= 15 is 0 Å². The Bertz CT molecular complexity index is 254. The molecule has 0 aromatic heterocycles. The second-order valence-electron chi connectivity index (χ2n) is 4.37. The summed E-state index contributed by atoms with van der Waals surface area (Å²) in [5.41, 5.74) is 5.01. The molecule has 0 aliphatic carbocycles. The largest absolute Gasteiger partial charge is 0.375 e. The van der Waals surface area contributed by atoms with Crippen LogP contribution in [0.5, 0.6) is 0 Å². The molecule has 0 heterocycles. The summed E-state index contributed by atoms with van der Waals surface area (Å²) in [6.45, 7) is 7.70. The molecule has 0 saturated heterocycles. The molecule has 14 heavy (non-hydrogen) atoms. The number of sulfone groups is 1. The predicted molar refractivity (Wildman–Crippen MR) is 58.0 cm³/mol. The van der Waals surface area contributed by atoms with Gasteiger partial charge in [-0.05, 0) is 27.7 Å². The summed E-state index contributed by atoms with van der Waals surface area (Å²) in [5.74, 6) is 0.0443. The van der Waals surface area contributed by atoms with Crippen LogP contribution in [-0.4, -0.2) is 38.2 Å². The van der Waals surface area contributed by atoms with E-state index in [1.54, 1.807) is 6.92 Å². The molecular formula is C9H21NO3S. The van der Waals surface area contributed by atoms with Crippen molar-refractivity contribution in [3.63, 3.8) is 0 Å². The van der Waals surface area contributed by atoms with Gasteiger partial charge in [-0.1, -0.05) is 0 Å². The number of hydrogen-bond acceptors (Lipinski definition) is 4. The fourth-order valence-corrected chi connectivity index (χ4v) is 1.82. The molecule has 86 valence electrons. The Morgan fingerprint density at radius 3 is 2.21 bits per heavy atom. The average Bonchev–Trinajstić information content (AvgIpc) is 2.00. The SMILES string of the molecule is CC(CN)S(=O)(=O)CCOC(C)(C)C. The predicted octanol–water partition coefficient (Wildman–Crippen LogP) is 0.563. The quantitative estimate of drug-likeness (QED) is 0.739. The van der Waals surface area contributed by atoms with Gasteiger partial charge in [0, 0.05) is 6.54 Å². The van der Waals surface area contributed by atoms with Gasteiger partial charge in [-0.25, -0.2) is 8.42 Å². The maximum absolute atomic E-state index is 11.5. The molecule has 1 unspecified atom stereocenters. The molecule has 0 saturated carbocycles. The van der Waals surface area contributed by atoms with E-state index in [1.165, 1.54) is 0 Å². The minimum Gasteiger partial charge on any atom is -0.375 e. The topological polar surface area (TPSA) is 69.4 Å². The highest BCUT2D eigenvalue weighted by Crippen LogP contribution is 2.08. The van der Waals surface area contributed by atoms with Crippen molar-refractivity contribution >= 4 is 9.84 Å². The van der Waals surface area contributed by atoms with E-state index in [1.807, 2.05) is 20.8 Å². The third-order valence-electron chi connectivity index (χ3n) is 1.85. The molecule has 4 nitrogen and oxygen atoms in total. The van der Waals surface area contributed by atoms with Crippen LogP contribution in [0.3, 0.4) is 0 Å². The zero-order chi connectivity index (χ0) is 11.4. The Labute approximate surface area is 86.7 Å². The molecule has 0 aliphatic rings. The van der Waals surface area contributed by atoms with Crippen LogP contribution in [-0.2, 0) is 14.6 Å². The fourth-order valence-electron chi connectivity index (χ4n) is 0.812. The van der Waals surface area contributed by atoms with E-state index in [4.69, 9.17) is 10.5 Å². The van der Waals surface area contributed by atoms with Crippen molar-refractivity contribution < 1.29 is 13.2 Å². The molecule has 0 aromatic rings. The summed E-state index contributed by atoms with van der Waals surface area (Å²) in [4.78, 5) is 0. The first-order valence-electron chi connectivity index (χ1n) is 4.74. The number of nitrogens with two attached hydrogens (primary N) is 1. The van der Waals surface area contributed by atoms with Crippen molar-refractivity contribution in [3.8, 4) is 0 Å². The van der Waals surface area contributed by atoms with E-state index in [9.17, 15) is 8.42 Å². The van der Waals surface area contributed by atoms with E-state index in [-0.39, 0.29) is 24.5 Å². The van der Waals surface area contributed by atoms with Crippen LogP contribution in [0.2, 0.25) is 0 Å². The molecular weight excluding hydrogens is 202 g/mol. The maximum atomic E-state index is 11.5. The lowest BCUT2D eigenvalue weighted by Crippen LogP contribution is -2.32. The van der Waals surface area contributed by atoms with Crippen molar-refractivity contribution in [2.24, 2.45) is 5.73 Å². The monoisotopic (exact) mass is 223 g/mol. The van der Waals surface area contributed by atoms with Gasteiger partial charge in [-0.3, -0.25) is 0 Å². The van der Waals surface area contributed by atoms with Crippen LogP contribution in [0, 0.1) is 0 Å². The molecule has 0 bridgehead atoms. The molecule has 0 spiro atoms. The third kappa shape index (κ3) is 5.57. The van der Waals surface area contributed by atoms with Crippen LogP contribution < -0.4 is 5.73 Å². The smallest absolute Gasteiger partial charge is 0.156 e. The van der Waals surface area contributed by atoms with Crippen LogP contribution in [0.4, 0.5) is 0 Å². The van der Waals surface area contributed by atoms with Gasteiger partial charge in [0.05, 0.1) is 23.2 Å². The standard InChI is InChI=1S/C9H21NO3S/c1-8(7-10)14(11,12)6-5-13-9(2,3)4/h8H,5-7,10H2,1-4H3. The molecule has 5 heteroatoms. The van der Waals surface area contributed by atoms with E-state index in [2.05, 4.69) is 0 Å². The molecule has 2 N–H and O–H groups in total. The van der Waals surface area contributed by atoms with Crippen LogP contribution in [0.15, 0.2) is 0 Å². The average molecular weight is 223 g/mol. The van der Waals surface area contributed by atoms with Gasteiger partial charge in [-0.2, -0.15) is 0 Å². The van der Waals surface area contributed by atoms with Crippen molar-refractivity contribution in [3.05, 3.63) is 0 Å². The van der Waals surface area contributed by atoms with Crippen molar-refractivity contribution in [1.82, 2.24) is 0 Å². The zero-order valence-electron chi connectivity index (χ0n) is 9.41. The molecule has 0 amide bonds. The Balaban J connectivity index is 4.02. The Morgan fingerprint density at radius 1 is 1.36 bits per heavy atom. The number of ether oxygens (including phenoxy) is 1. The van der Waals surface area contributed by atoms with Crippen molar-refractivity contribution in [1.29, 1.82) is 0 Å². The van der Waals surface area contributed by atoms with Crippen LogP contribution >= 0.6 is 0 Å². The second-order valence-corrected chi connectivity index (χ2v) is 6.91. The van der Waals surface area contributed by atoms with Gasteiger partial charge in [0.15, 0.2) is 9.84 Å². The summed E-state index contributed by atoms with van der Waals surface area (Å²) in [6, 6.07) is 0. The molecule has 0 radical (unpaired) electrons. The maximum Gasteiger partial charge on any atom is 0.156 e. The van der Waals surface area contributed by atoms with Crippen molar-refractivity contribution in [2.75, 3.05) is 18.9 Å². The van der Waals surface area contributed by atoms with Gasteiger partial charge >= 0.3 is 0 Å². The van der Waals surface area contributed by atoms with Gasteiger partial charge in [-0.15, -0.1) is 0 Å². The minimum absolute atomic E-state index is 0.0443. The highest BCUT2D eigenvalue weighted by atomic mass is 32.2. The number of rotatable bonds is 5. The summed E-state index contributed by atoms with van der Waals surface area (Å²) in [5, 5.41) is -0.480. The molecule has 0 aromatic carbocycles. The Hall–Kier alpha value is -0.130. The first kappa shape index (κ1) is 13.9. The lowest BCUT2D eigenvalue weighted by Gasteiger charge is -2.20. The number of hydrogen-bond donors (Lipinski definition) is 1. The summed E-state index contributed by atoms with van der Waals surface area (Å²) in [6.07, 6.45) is 0. The van der Waals surface area contributed by atoms with Gasteiger partial charge in [0.1, 0.15) is 0 Å². The van der Waals surface area contributed by atoms with E-state index in [0.29, 0.717) is 0 Å². The van der Waals surface area contributed by atoms with Crippen LogP contribution in [0.25, 0.3) is 0 Å². The van der Waals surface area contributed by atoms with E-state index < -0.39 is 15.1 Å². The third-order valence-corrected chi connectivity index (χ3v) is 4.00. The zero-order valence-corrected chi connectivity index (χ0v) is 10.2. The molecule has 0 aliphatic heterocycles. The van der Waals surface area contributed by atoms with E-state index in [0.717, 1.165) is 0 Å². The normalized spacial score (nSPS) is 15.5. The Morgan fingerprint density at radius 2 is 1.86 bits per heavy atom. The van der Waals surface area contributed by atoms with Gasteiger partial charge < -0.3 is 10.5 Å². The Kier molecular flexibility index (Phi) is 5.05. The molecule has 1 atom stereocenters.